The number of hydrogen-bond acceptors (Lipinski definition) is 2. The number of benzene rings is 1. The molecule has 1 heterocycles. The number of carbonyl (C=O) groups excluding carboxylic acids is 1. The summed E-state index contributed by atoms with van der Waals surface area (Å²) in [4.78, 5) is 14.1. The molecule has 1 aromatic rings. The van der Waals surface area contributed by atoms with Crippen LogP contribution >= 0.6 is 35.6 Å². The van der Waals surface area contributed by atoms with E-state index in [1.807, 2.05) is 17.9 Å². The summed E-state index contributed by atoms with van der Waals surface area (Å²) in [5.74, 6) is 0.119. The summed E-state index contributed by atoms with van der Waals surface area (Å²) in [5, 5.41) is 4.41. The van der Waals surface area contributed by atoms with Crippen LogP contribution in [-0.2, 0) is 11.2 Å². The van der Waals surface area contributed by atoms with Crippen LogP contribution < -0.4 is 5.32 Å². The Morgan fingerprint density at radius 3 is 2.84 bits per heavy atom. The Morgan fingerprint density at radius 2 is 2.21 bits per heavy atom. The Bertz CT molecular complexity index is 454. The van der Waals surface area contributed by atoms with Crippen molar-refractivity contribution in [3.8, 4) is 0 Å². The number of carbonyl (C=O) groups is 1. The lowest BCUT2D eigenvalue weighted by Crippen LogP contribution is -2.52. The van der Waals surface area contributed by atoms with E-state index >= 15 is 0 Å². The summed E-state index contributed by atoms with van der Waals surface area (Å²) in [5.41, 5.74) is 0.830. The molecule has 1 amide bonds. The predicted octanol–water partition coefficient (Wildman–Crippen LogP) is 2.78. The molecule has 0 radical (unpaired) electrons. The molecule has 1 fully saturated rings. The smallest absolute Gasteiger partial charge is 0.227 e. The molecule has 3 nitrogen and oxygen atoms in total. The topological polar surface area (TPSA) is 32.3 Å². The van der Waals surface area contributed by atoms with Crippen molar-refractivity contribution < 1.29 is 4.79 Å². The Morgan fingerprint density at radius 1 is 1.47 bits per heavy atom. The minimum atomic E-state index is 0. The second-order valence-corrected chi connectivity index (χ2v) is 5.40. The van der Waals surface area contributed by atoms with Gasteiger partial charge in [0.15, 0.2) is 0 Å². The molecule has 0 aliphatic carbocycles. The van der Waals surface area contributed by atoms with Crippen molar-refractivity contribution in [2.75, 3.05) is 19.6 Å². The Labute approximate surface area is 129 Å². The minimum Gasteiger partial charge on any atom is -0.337 e. The number of rotatable bonds is 2. The molecule has 0 spiro atoms. The van der Waals surface area contributed by atoms with Crippen molar-refractivity contribution in [2.24, 2.45) is 0 Å². The van der Waals surface area contributed by atoms with Gasteiger partial charge in [-0.25, -0.2) is 0 Å². The molecule has 106 valence electrons. The third kappa shape index (κ3) is 4.25. The first kappa shape index (κ1) is 16.6. The molecule has 0 aromatic heterocycles. The van der Waals surface area contributed by atoms with Crippen molar-refractivity contribution in [3.05, 3.63) is 33.8 Å². The standard InChI is InChI=1S/C13H16Cl2N2O.ClH/c1-9-8-16-4-5-17(9)13(18)6-10-2-3-11(14)7-12(10)15;/h2-3,7,9,16H,4-6,8H2,1H3;1H/t9-;/m0./s1. The van der Waals surface area contributed by atoms with Crippen molar-refractivity contribution in [1.82, 2.24) is 10.2 Å². The van der Waals surface area contributed by atoms with Gasteiger partial charge >= 0.3 is 0 Å². The van der Waals surface area contributed by atoms with E-state index in [0.717, 1.165) is 25.2 Å². The molecule has 1 N–H and O–H groups in total. The number of halogens is 3. The highest BCUT2D eigenvalue weighted by atomic mass is 35.5. The second-order valence-electron chi connectivity index (χ2n) is 4.55. The fraction of sp³-hybridized carbons (Fsp3) is 0.462. The number of nitrogens with zero attached hydrogens (tertiary/aromatic N) is 1. The molecule has 1 aliphatic rings. The van der Waals surface area contributed by atoms with E-state index < -0.39 is 0 Å². The highest BCUT2D eigenvalue weighted by Crippen LogP contribution is 2.22. The Hall–Kier alpha value is -0.480. The Kier molecular flexibility index (Phi) is 6.40. The monoisotopic (exact) mass is 322 g/mol. The van der Waals surface area contributed by atoms with Crippen LogP contribution in [0.1, 0.15) is 12.5 Å². The van der Waals surface area contributed by atoms with Crippen molar-refractivity contribution in [2.45, 2.75) is 19.4 Å². The maximum absolute atomic E-state index is 12.2. The van der Waals surface area contributed by atoms with Crippen LogP contribution in [0.2, 0.25) is 10.0 Å². The summed E-state index contributed by atoms with van der Waals surface area (Å²) >= 11 is 11.9. The molecular formula is C13H17Cl3N2O. The third-order valence-corrected chi connectivity index (χ3v) is 3.77. The average molecular weight is 324 g/mol. The highest BCUT2D eigenvalue weighted by molar-refractivity contribution is 6.35. The average Bonchev–Trinajstić information content (AvgIpc) is 2.33. The lowest BCUT2D eigenvalue weighted by molar-refractivity contribution is -0.133. The van der Waals surface area contributed by atoms with E-state index in [1.54, 1.807) is 12.1 Å². The van der Waals surface area contributed by atoms with Gasteiger partial charge in [-0.3, -0.25) is 4.79 Å². The molecule has 2 rings (SSSR count). The quantitative estimate of drug-likeness (QED) is 0.907. The fourth-order valence-corrected chi connectivity index (χ4v) is 2.62. The molecule has 1 atom stereocenters. The number of nitrogens with one attached hydrogen (secondary N) is 1. The maximum atomic E-state index is 12.2. The van der Waals surface area contributed by atoms with Gasteiger partial charge in [-0.05, 0) is 24.6 Å². The van der Waals surface area contributed by atoms with Crippen LogP contribution in [0.3, 0.4) is 0 Å². The van der Waals surface area contributed by atoms with Gasteiger partial charge in [-0.2, -0.15) is 0 Å². The van der Waals surface area contributed by atoms with Crippen LogP contribution in [0.5, 0.6) is 0 Å². The zero-order chi connectivity index (χ0) is 13.1. The molecular weight excluding hydrogens is 307 g/mol. The van der Waals surface area contributed by atoms with Crippen LogP contribution in [0.25, 0.3) is 0 Å². The lowest BCUT2D eigenvalue weighted by atomic mass is 10.1. The van der Waals surface area contributed by atoms with Gasteiger partial charge in [0.25, 0.3) is 0 Å². The first-order valence-electron chi connectivity index (χ1n) is 6.02. The van der Waals surface area contributed by atoms with Crippen molar-refractivity contribution in [3.63, 3.8) is 0 Å². The van der Waals surface area contributed by atoms with Gasteiger partial charge in [0.1, 0.15) is 0 Å². The summed E-state index contributed by atoms with van der Waals surface area (Å²) in [6.07, 6.45) is 0.334. The van der Waals surface area contributed by atoms with Gasteiger partial charge in [0, 0.05) is 35.7 Å². The molecule has 1 saturated heterocycles. The first-order valence-corrected chi connectivity index (χ1v) is 6.77. The van der Waals surface area contributed by atoms with E-state index in [4.69, 9.17) is 23.2 Å². The van der Waals surface area contributed by atoms with Gasteiger partial charge in [0.05, 0.1) is 6.42 Å². The van der Waals surface area contributed by atoms with Crippen LogP contribution in [0.4, 0.5) is 0 Å². The number of amides is 1. The number of piperazine rings is 1. The molecule has 1 aliphatic heterocycles. The van der Waals surface area contributed by atoms with Gasteiger partial charge in [-0.15, -0.1) is 12.4 Å². The van der Waals surface area contributed by atoms with E-state index in [1.165, 1.54) is 0 Å². The lowest BCUT2D eigenvalue weighted by Gasteiger charge is -2.34. The predicted molar refractivity (Wildman–Crippen MR) is 81.5 cm³/mol. The summed E-state index contributed by atoms with van der Waals surface area (Å²) in [6.45, 7) is 4.50. The van der Waals surface area contributed by atoms with Crippen LogP contribution in [-0.4, -0.2) is 36.5 Å². The molecule has 6 heteroatoms. The van der Waals surface area contributed by atoms with Crippen LogP contribution in [0, 0.1) is 0 Å². The summed E-state index contributed by atoms with van der Waals surface area (Å²) in [6, 6.07) is 5.48. The summed E-state index contributed by atoms with van der Waals surface area (Å²) < 4.78 is 0. The molecule has 0 unspecified atom stereocenters. The van der Waals surface area contributed by atoms with E-state index in [0.29, 0.717) is 16.5 Å². The van der Waals surface area contributed by atoms with Crippen LogP contribution in [0.15, 0.2) is 18.2 Å². The zero-order valence-corrected chi connectivity index (χ0v) is 13.0. The second kappa shape index (κ2) is 7.34. The van der Waals surface area contributed by atoms with Gasteiger partial charge < -0.3 is 10.2 Å². The van der Waals surface area contributed by atoms with Gasteiger partial charge in [0.2, 0.25) is 5.91 Å². The molecule has 1 aromatic carbocycles. The Balaban J connectivity index is 0.00000180. The molecule has 19 heavy (non-hydrogen) atoms. The van der Waals surface area contributed by atoms with E-state index in [-0.39, 0.29) is 24.4 Å². The highest BCUT2D eigenvalue weighted by Gasteiger charge is 2.23. The minimum absolute atomic E-state index is 0. The number of hydrogen-bond donors (Lipinski definition) is 1. The summed E-state index contributed by atoms with van der Waals surface area (Å²) in [7, 11) is 0. The van der Waals surface area contributed by atoms with Crippen molar-refractivity contribution in [1.29, 1.82) is 0 Å². The molecule has 0 bridgehead atoms. The first-order chi connectivity index (χ1) is 8.58. The molecule has 0 saturated carbocycles. The van der Waals surface area contributed by atoms with E-state index in [2.05, 4.69) is 5.32 Å². The van der Waals surface area contributed by atoms with Crippen molar-refractivity contribution >= 4 is 41.5 Å². The van der Waals surface area contributed by atoms with E-state index in [9.17, 15) is 4.79 Å². The largest absolute Gasteiger partial charge is 0.337 e. The normalized spacial score (nSPS) is 18.9. The zero-order valence-electron chi connectivity index (χ0n) is 10.7. The SMILES string of the molecule is C[C@H]1CNCCN1C(=O)Cc1ccc(Cl)cc1Cl.Cl. The maximum Gasteiger partial charge on any atom is 0.227 e. The fourth-order valence-electron chi connectivity index (χ4n) is 2.14. The third-order valence-electron chi connectivity index (χ3n) is 3.18. The van der Waals surface area contributed by atoms with Gasteiger partial charge in [-0.1, -0.05) is 29.3 Å².